The molecule has 36 valence electrons. The van der Waals surface area contributed by atoms with Crippen LogP contribution in [0, 0.1) is 0 Å². The van der Waals surface area contributed by atoms with Gasteiger partial charge in [-0.25, -0.2) is 0 Å². The van der Waals surface area contributed by atoms with E-state index in [0.717, 1.165) is 0 Å². The van der Waals surface area contributed by atoms with Gasteiger partial charge in [0.15, 0.2) is 0 Å². The molecule has 0 saturated heterocycles. The first-order chi connectivity index (χ1) is 1.73. The van der Waals surface area contributed by atoms with Gasteiger partial charge in [-0.3, -0.25) is 0 Å². The van der Waals surface area contributed by atoms with Crippen LogP contribution in [0.4, 0.5) is 0 Å². The average molecular weight is 181 g/mol. The number of rotatable bonds is 0. The average Bonchev–Trinajstić information content (AvgIpc) is 0.811. The molecule has 0 fully saturated rings. The molecule has 1 N–H and O–H groups in total. The van der Waals surface area contributed by atoms with Crippen molar-refractivity contribution in [2.45, 2.75) is 0 Å². The van der Waals surface area contributed by atoms with E-state index in [1.54, 1.807) is 0 Å². The van der Waals surface area contributed by atoms with Crippen molar-refractivity contribution in [3.8, 4) is 0 Å². The van der Waals surface area contributed by atoms with Crippen LogP contribution in [0.3, 0.4) is 0 Å². The predicted molar refractivity (Wildman–Crippen MR) is 21.7 cm³/mol. The van der Waals surface area contributed by atoms with E-state index in [0.29, 0.717) is 0 Å². The van der Waals surface area contributed by atoms with E-state index < -0.39 is 11.0 Å². The van der Waals surface area contributed by atoms with Gasteiger partial charge in [-0.05, 0) is 0 Å². The predicted octanol–water partition coefficient (Wildman–Crippen LogP) is -0.121. The summed E-state index contributed by atoms with van der Waals surface area (Å²) in [5.41, 5.74) is 0. The van der Waals surface area contributed by atoms with Gasteiger partial charge in [0, 0.05) is 30.5 Å². The Morgan fingerprint density at radius 1 is 1.33 bits per heavy atom. The van der Waals surface area contributed by atoms with Gasteiger partial charge in [0.05, 0.1) is 0 Å². The molecule has 0 aromatic heterocycles. The summed E-state index contributed by atoms with van der Waals surface area (Å²) in [6.07, 6.45) is 0. The molecule has 6 heteroatoms. The summed E-state index contributed by atoms with van der Waals surface area (Å²) >= 11 is 0. The monoisotopic (exact) mass is 179 g/mol. The van der Waals surface area contributed by atoms with Crippen LogP contribution in [-0.2, 0) is 38.9 Å². The smallest absolute Gasteiger partial charge is 0.0495 e. The molecule has 0 atom stereocenters. The molecule has 6 heavy (non-hydrogen) atoms. The van der Waals surface area contributed by atoms with Gasteiger partial charge in [0.2, 0.25) is 0 Å². The molecule has 0 radical (unpaired) electrons. The summed E-state index contributed by atoms with van der Waals surface area (Å²) in [5.74, 6) is 0. The zero-order valence-electron chi connectivity index (χ0n) is 2.88. The minimum atomic E-state index is -2.86. The van der Waals surface area contributed by atoms with Gasteiger partial charge in [-0.2, -0.15) is 13.5 Å². The molecule has 0 rings (SSSR count). The van der Waals surface area contributed by atoms with Gasteiger partial charge in [0.1, 0.15) is 0 Å². The van der Waals surface area contributed by atoms with Gasteiger partial charge >= 0.3 is 0 Å². The molecule has 0 amide bonds. The summed E-state index contributed by atoms with van der Waals surface area (Å²) in [4.78, 5) is 0. The van der Waals surface area contributed by atoms with Gasteiger partial charge in [0.25, 0.3) is 0 Å². The van der Waals surface area contributed by atoms with E-state index in [9.17, 15) is 0 Å². The van der Waals surface area contributed by atoms with Gasteiger partial charge in [-0.15, -0.1) is 0 Å². The third kappa shape index (κ3) is 94.4. The fourth-order valence-corrected chi connectivity index (χ4v) is 0. The second-order valence-electron chi connectivity index (χ2n) is 0.217. The third-order valence-corrected chi connectivity index (χ3v) is 0. The van der Waals surface area contributed by atoms with Gasteiger partial charge < -0.3 is 13.0 Å². The Balaban J connectivity index is -0.0000000450. The van der Waals surface area contributed by atoms with Crippen molar-refractivity contribution in [3.05, 3.63) is 0 Å². The zero-order chi connectivity index (χ0) is 3.58. The van der Waals surface area contributed by atoms with Gasteiger partial charge in [-0.1, -0.05) is 0 Å². The van der Waals surface area contributed by atoms with Crippen LogP contribution in [-0.4, -0.2) is 4.55 Å². The van der Waals surface area contributed by atoms with E-state index in [4.69, 9.17) is 13.0 Å². The van der Waals surface area contributed by atoms with Crippen molar-refractivity contribution in [2.75, 3.05) is 0 Å². The first-order valence-electron chi connectivity index (χ1n) is 0.516. The molecular weight excluding hydrogens is 178 g/mol. The maximum absolute atomic E-state index is 8.56. The van der Waals surface area contributed by atoms with Crippen LogP contribution < -0.4 is 0 Å². The second kappa shape index (κ2) is 9.30. The Morgan fingerprint density at radius 3 is 1.33 bits per heavy atom. The Labute approximate surface area is 57.1 Å². The van der Waals surface area contributed by atoms with Crippen molar-refractivity contribution >= 4 is 24.5 Å². The molecular formula is H3O3S2Zn-. The molecule has 0 aromatic rings. The Kier molecular flexibility index (Phi) is 24.5. The van der Waals surface area contributed by atoms with Crippen LogP contribution in [0.2, 0.25) is 0 Å². The molecule has 0 unspecified atom stereocenters. The van der Waals surface area contributed by atoms with E-state index in [1.807, 2.05) is 0 Å². The van der Waals surface area contributed by atoms with E-state index in [-0.39, 0.29) is 33.0 Å². The summed E-state index contributed by atoms with van der Waals surface area (Å²) < 4.78 is 24.1. The van der Waals surface area contributed by atoms with Crippen molar-refractivity contribution in [2.24, 2.45) is 0 Å². The van der Waals surface area contributed by atoms with Crippen molar-refractivity contribution in [1.29, 1.82) is 0 Å². The number of hydrogen-bond acceptors (Lipinski definition) is 3. The Bertz CT molecular complexity index is 57.2. The molecule has 0 heterocycles. The van der Waals surface area contributed by atoms with Crippen LogP contribution in [0.15, 0.2) is 0 Å². The van der Waals surface area contributed by atoms with Crippen molar-refractivity contribution in [1.82, 2.24) is 0 Å². The summed E-state index contributed by atoms with van der Waals surface area (Å²) in [6, 6.07) is 0. The zero-order valence-corrected chi connectivity index (χ0v) is 7.66. The quantitative estimate of drug-likeness (QED) is 0.245. The van der Waals surface area contributed by atoms with E-state index in [1.165, 1.54) is 0 Å². The first-order valence-corrected chi connectivity index (χ1v) is 1.55. The van der Waals surface area contributed by atoms with Crippen LogP contribution in [0.1, 0.15) is 0 Å². The maximum atomic E-state index is 8.56. The molecule has 0 spiro atoms. The Hall–Kier alpha value is 0.883. The minimum absolute atomic E-state index is 0. The Morgan fingerprint density at radius 2 is 1.33 bits per heavy atom. The molecule has 0 aliphatic heterocycles. The summed E-state index contributed by atoms with van der Waals surface area (Å²) in [6.45, 7) is 0. The summed E-state index contributed by atoms with van der Waals surface area (Å²) in [7, 11) is -2.86. The molecule has 0 aromatic carbocycles. The molecule has 3 nitrogen and oxygen atoms in total. The van der Waals surface area contributed by atoms with Crippen LogP contribution >= 0.6 is 13.5 Å². The standard InChI is InChI=1S/HO3S.H2S.Zn/c1-4(2)3;;/h(H,1,2,3);1H2;/q-1;;. The van der Waals surface area contributed by atoms with Crippen LogP contribution in [0.25, 0.3) is 0 Å². The summed E-state index contributed by atoms with van der Waals surface area (Å²) in [5, 5.41) is 0. The normalized spacial score (nSPS) is 5.67. The molecule has 0 bridgehead atoms. The second-order valence-corrected chi connectivity index (χ2v) is 0.651. The fourth-order valence-electron chi connectivity index (χ4n) is 0. The first kappa shape index (κ1) is 15.8. The molecule has 0 saturated carbocycles. The SMILES string of the molecule is O=[S-](=O)O.S.[Zn]. The van der Waals surface area contributed by atoms with E-state index >= 15 is 0 Å². The van der Waals surface area contributed by atoms with Crippen molar-refractivity contribution in [3.63, 3.8) is 0 Å². The van der Waals surface area contributed by atoms with E-state index in [2.05, 4.69) is 0 Å². The third-order valence-electron chi connectivity index (χ3n) is 0. The topological polar surface area (TPSA) is 54.4 Å². The fraction of sp³-hybridized carbons (Fsp3) is 0. The van der Waals surface area contributed by atoms with Crippen molar-refractivity contribution < 1.29 is 32.4 Å². The maximum Gasteiger partial charge on any atom is 0.0495 e. The van der Waals surface area contributed by atoms with Crippen LogP contribution in [0.5, 0.6) is 0 Å². The molecule has 0 aliphatic rings. The minimum Gasteiger partial charge on any atom is -0.439 e. The molecule has 0 aliphatic carbocycles. The largest absolute Gasteiger partial charge is 0.439 e. The number of hydrogen-bond donors (Lipinski definition) is 1.